The Morgan fingerprint density at radius 3 is 2.46 bits per heavy atom. The van der Waals surface area contributed by atoms with Crippen LogP contribution in [0.1, 0.15) is 50.6 Å². The molecule has 0 radical (unpaired) electrons. The highest BCUT2D eigenvalue weighted by Gasteiger charge is 2.49. The number of carbonyl (C=O) groups excluding carboxylic acids is 1. The molecule has 1 saturated carbocycles. The van der Waals surface area contributed by atoms with Crippen molar-refractivity contribution < 1.29 is 9.53 Å². The molecule has 1 aromatic carbocycles. The molecule has 1 aliphatic carbocycles. The third-order valence-electron chi connectivity index (χ3n) is 7.38. The Kier molecular flexibility index (Phi) is 6.08. The summed E-state index contributed by atoms with van der Waals surface area (Å²) in [5.74, 6) is 2.12. The number of aryl methyl sites for hydroxylation is 1. The third kappa shape index (κ3) is 4.09. The number of nitrogens with zero attached hydrogens (tertiary/aromatic N) is 6. The molecule has 35 heavy (non-hydrogen) atoms. The Balaban J connectivity index is 1.45. The number of methoxy groups -OCH3 is 1. The Morgan fingerprint density at radius 2 is 1.77 bits per heavy atom. The second-order valence-electron chi connectivity index (χ2n) is 9.56. The van der Waals surface area contributed by atoms with Crippen LogP contribution >= 0.6 is 0 Å². The summed E-state index contributed by atoms with van der Waals surface area (Å²) < 4.78 is 7.57. The highest BCUT2D eigenvalue weighted by atomic mass is 16.5. The Hall–Kier alpha value is -3.62. The van der Waals surface area contributed by atoms with E-state index in [9.17, 15) is 4.79 Å². The van der Waals surface area contributed by atoms with Crippen LogP contribution in [-0.4, -0.2) is 52.2 Å². The SMILES string of the molecule is COc1cc(Nc2ncc3c(n2)N(C)C2(CCCCCCC2)C(=O)N3C)ccc1-n1cnc(C)c1. The molecule has 1 spiro atoms. The summed E-state index contributed by atoms with van der Waals surface area (Å²) in [4.78, 5) is 31.1. The predicted octanol–water partition coefficient (Wildman–Crippen LogP) is 4.62. The summed E-state index contributed by atoms with van der Waals surface area (Å²) in [5.41, 5.74) is 2.84. The summed E-state index contributed by atoms with van der Waals surface area (Å²) in [6.07, 6.45) is 12.9. The van der Waals surface area contributed by atoms with E-state index in [1.54, 1.807) is 24.5 Å². The van der Waals surface area contributed by atoms with Crippen molar-refractivity contribution in [3.05, 3.63) is 42.6 Å². The van der Waals surface area contributed by atoms with Crippen molar-refractivity contribution in [1.82, 2.24) is 19.5 Å². The van der Waals surface area contributed by atoms with Gasteiger partial charge in [0, 0.05) is 32.0 Å². The molecule has 0 saturated heterocycles. The molecule has 1 aliphatic heterocycles. The van der Waals surface area contributed by atoms with Crippen LogP contribution in [0.25, 0.3) is 5.69 Å². The highest BCUT2D eigenvalue weighted by Crippen LogP contribution is 2.43. The van der Waals surface area contributed by atoms with E-state index in [1.165, 1.54) is 19.3 Å². The first-order chi connectivity index (χ1) is 16.9. The number of rotatable bonds is 4. The number of hydrogen-bond acceptors (Lipinski definition) is 7. The minimum Gasteiger partial charge on any atom is -0.494 e. The van der Waals surface area contributed by atoms with Gasteiger partial charge in [0.15, 0.2) is 5.82 Å². The van der Waals surface area contributed by atoms with Crippen LogP contribution in [0.15, 0.2) is 36.9 Å². The number of nitrogens with one attached hydrogen (secondary N) is 1. The lowest BCUT2D eigenvalue weighted by atomic mass is 9.80. The molecule has 0 bridgehead atoms. The van der Waals surface area contributed by atoms with Gasteiger partial charge in [-0.2, -0.15) is 4.98 Å². The van der Waals surface area contributed by atoms with Crippen LogP contribution in [0.5, 0.6) is 5.75 Å². The molecule has 0 unspecified atom stereocenters. The van der Waals surface area contributed by atoms with E-state index in [0.29, 0.717) is 11.7 Å². The van der Waals surface area contributed by atoms with E-state index in [0.717, 1.165) is 54.3 Å². The maximum absolute atomic E-state index is 13.5. The molecular weight excluding hydrogens is 442 g/mol. The Labute approximate surface area is 206 Å². The fraction of sp³-hybridized carbons (Fsp3) is 0.462. The minimum absolute atomic E-state index is 0.147. The molecule has 1 fully saturated rings. The minimum atomic E-state index is -0.540. The van der Waals surface area contributed by atoms with Gasteiger partial charge in [0.1, 0.15) is 17.0 Å². The molecule has 184 valence electrons. The molecule has 3 aromatic rings. The number of carbonyl (C=O) groups is 1. The van der Waals surface area contributed by atoms with Gasteiger partial charge in [0.05, 0.1) is 31.0 Å². The maximum Gasteiger partial charge on any atom is 0.252 e. The fourth-order valence-corrected chi connectivity index (χ4v) is 5.37. The van der Waals surface area contributed by atoms with Crippen LogP contribution in [0.3, 0.4) is 0 Å². The lowest BCUT2D eigenvalue weighted by molar-refractivity contribution is -0.124. The van der Waals surface area contributed by atoms with Crippen molar-refractivity contribution in [1.29, 1.82) is 0 Å². The first-order valence-corrected chi connectivity index (χ1v) is 12.3. The molecule has 3 heterocycles. The van der Waals surface area contributed by atoms with Gasteiger partial charge < -0.3 is 24.4 Å². The monoisotopic (exact) mass is 475 g/mol. The van der Waals surface area contributed by atoms with E-state index in [4.69, 9.17) is 9.72 Å². The van der Waals surface area contributed by atoms with Gasteiger partial charge in [-0.25, -0.2) is 9.97 Å². The normalized spacial score (nSPS) is 17.7. The third-order valence-corrected chi connectivity index (χ3v) is 7.38. The predicted molar refractivity (Wildman–Crippen MR) is 137 cm³/mol. The van der Waals surface area contributed by atoms with E-state index in [2.05, 4.69) is 20.2 Å². The number of anilines is 4. The van der Waals surface area contributed by atoms with Crippen LogP contribution in [0, 0.1) is 6.92 Å². The second kappa shape index (κ2) is 9.20. The summed E-state index contributed by atoms with van der Waals surface area (Å²) in [6.45, 7) is 1.95. The van der Waals surface area contributed by atoms with Crippen molar-refractivity contribution in [2.75, 3.05) is 36.3 Å². The average molecular weight is 476 g/mol. The van der Waals surface area contributed by atoms with E-state index in [-0.39, 0.29) is 5.91 Å². The van der Waals surface area contributed by atoms with Crippen molar-refractivity contribution in [3.63, 3.8) is 0 Å². The summed E-state index contributed by atoms with van der Waals surface area (Å²) in [7, 11) is 5.50. The first-order valence-electron chi connectivity index (χ1n) is 12.3. The van der Waals surface area contributed by atoms with Gasteiger partial charge in [-0.05, 0) is 31.9 Å². The molecule has 1 amide bonds. The molecule has 0 atom stereocenters. The number of benzene rings is 1. The topological polar surface area (TPSA) is 88.4 Å². The number of likely N-dealkylation sites (N-methyl/N-ethyl adjacent to an activating group) is 2. The molecular formula is C26H33N7O2. The molecule has 1 N–H and O–H groups in total. The van der Waals surface area contributed by atoms with Crippen molar-refractivity contribution in [2.45, 2.75) is 57.4 Å². The zero-order chi connectivity index (χ0) is 24.6. The highest BCUT2D eigenvalue weighted by molar-refractivity contribution is 6.07. The standard InChI is InChI=1S/C26H33N7O2/c1-18-16-33(17-28-18)20-11-10-19(14-22(20)35-4)29-25-27-15-21-23(30-25)32(3)26(24(34)31(21)2)12-8-6-5-7-9-13-26/h10-11,14-17H,5-9,12-13H2,1-4H3,(H,27,29,30). The summed E-state index contributed by atoms with van der Waals surface area (Å²) >= 11 is 0. The number of hydrogen-bond donors (Lipinski definition) is 1. The van der Waals surface area contributed by atoms with Crippen LogP contribution < -0.4 is 19.9 Å². The summed E-state index contributed by atoms with van der Waals surface area (Å²) in [6, 6.07) is 5.86. The smallest absolute Gasteiger partial charge is 0.252 e. The van der Waals surface area contributed by atoms with E-state index < -0.39 is 5.54 Å². The fourth-order valence-electron chi connectivity index (χ4n) is 5.37. The van der Waals surface area contributed by atoms with Crippen LogP contribution in [-0.2, 0) is 4.79 Å². The van der Waals surface area contributed by atoms with E-state index >= 15 is 0 Å². The molecule has 9 nitrogen and oxygen atoms in total. The van der Waals surface area contributed by atoms with Gasteiger partial charge in [-0.3, -0.25) is 4.79 Å². The summed E-state index contributed by atoms with van der Waals surface area (Å²) in [5, 5.41) is 3.32. The van der Waals surface area contributed by atoms with Crippen LogP contribution in [0.4, 0.5) is 23.1 Å². The molecule has 2 aliphatic rings. The van der Waals surface area contributed by atoms with Gasteiger partial charge in [-0.1, -0.05) is 32.1 Å². The largest absolute Gasteiger partial charge is 0.494 e. The molecule has 2 aromatic heterocycles. The van der Waals surface area contributed by atoms with E-state index in [1.807, 2.05) is 50.0 Å². The average Bonchev–Trinajstić information content (AvgIpc) is 3.28. The van der Waals surface area contributed by atoms with Gasteiger partial charge >= 0.3 is 0 Å². The number of amides is 1. The number of ether oxygens (including phenoxy) is 1. The molecule has 9 heteroatoms. The van der Waals surface area contributed by atoms with Crippen molar-refractivity contribution in [3.8, 4) is 11.4 Å². The lowest BCUT2D eigenvalue weighted by Crippen LogP contribution is -2.62. The van der Waals surface area contributed by atoms with Crippen LogP contribution in [0.2, 0.25) is 0 Å². The number of imidazole rings is 1. The quantitative estimate of drug-likeness (QED) is 0.589. The second-order valence-corrected chi connectivity index (χ2v) is 9.56. The maximum atomic E-state index is 13.5. The number of fused-ring (bicyclic) bond motifs is 1. The first kappa shape index (κ1) is 23.1. The van der Waals surface area contributed by atoms with Gasteiger partial charge in [0.25, 0.3) is 5.91 Å². The van der Waals surface area contributed by atoms with Crippen molar-refractivity contribution in [2.24, 2.45) is 0 Å². The molecule has 5 rings (SSSR count). The van der Waals surface area contributed by atoms with Gasteiger partial charge in [-0.15, -0.1) is 0 Å². The Morgan fingerprint density at radius 1 is 1.03 bits per heavy atom. The lowest BCUT2D eigenvalue weighted by Gasteiger charge is -2.48. The Bertz CT molecular complexity index is 1230. The zero-order valence-electron chi connectivity index (χ0n) is 20.9. The van der Waals surface area contributed by atoms with Gasteiger partial charge in [0.2, 0.25) is 5.95 Å². The number of aromatic nitrogens is 4. The zero-order valence-corrected chi connectivity index (χ0v) is 20.9. The van der Waals surface area contributed by atoms with Crippen molar-refractivity contribution >= 4 is 29.0 Å².